The third-order valence-corrected chi connectivity index (χ3v) is 9.19. The van der Waals surface area contributed by atoms with Crippen LogP contribution in [0.3, 0.4) is 0 Å². The third-order valence-electron chi connectivity index (χ3n) is 9.19. The van der Waals surface area contributed by atoms with Crippen LogP contribution in [0.5, 0.6) is 5.75 Å². The lowest BCUT2D eigenvalue weighted by molar-refractivity contribution is -0.142. The summed E-state index contributed by atoms with van der Waals surface area (Å²) >= 11 is 0. The molecule has 0 saturated carbocycles. The van der Waals surface area contributed by atoms with Gasteiger partial charge in [0.05, 0.1) is 13.1 Å². The summed E-state index contributed by atoms with van der Waals surface area (Å²) in [6.45, 7) is 10.5. The number of hydrogen-bond donors (Lipinski definition) is 7. The van der Waals surface area contributed by atoms with E-state index in [9.17, 15) is 38.7 Å². The van der Waals surface area contributed by atoms with Gasteiger partial charge in [-0.3, -0.25) is 33.6 Å². The molecule has 2 aliphatic heterocycles. The highest BCUT2D eigenvalue weighted by atomic mass is 16.3. The van der Waals surface area contributed by atoms with Gasteiger partial charge in [0.15, 0.2) is 0 Å². The molecule has 15 heteroatoms. The molecule has 0 radical (unpaired) electrons. The molecule has 7 amide bonds. The maximum absolute atomic E-state index is 14.0. The Hall–Kier alpha value is -4.69. The number of phenolic OH excluding ortho intramolecular Hbond substituents is 1. The van der Waals surface area contributed by atoms with E-state index in [4.69, 9.17) is 0 Å². The molecule has 0 spiro atoms. The standard InChI is InChI=1S/C36H55N7O8/c1-7-22(6)31-35(50)41-25(15-20(2)3)32(47)38-18-29(45)37-19-30(46)39-27(17-23-10-12-24(44)13-11-23)36(51)43-14-8-9-28(43)34(49)40-26(16-21(4)5)33(48)42-31/h10-13,20-22,25-28,31,44H,7-9,14-19H2,1-6H3,(H,37,45)(H,38,47)(H,39,46)(H,40,49)(H,41,50)(H,42,48)/t22-,25+,26+,27+,28+,31-/m1/s1. The zero-order valence-corrected chi connectivity index (χ0v) is 30.5. The van der Waals surface area contributed by atoms with E-state index in [1.807, 2.05) is 34.6 Å². The molecule has 1 aromatic rings. The molecule has 3 rings (SSSR count). The topological polar surface area (TPSA) is 215 Å². The van der Waals surface area contributed by atoms with Crippen molar-refractivity contribution in [2.24, 2.45) is 17.8 Å². The average molecular weight is 714 g/mol. The van der Waals surface area contributed by atoms with Crippen molar-refractivity contribution in [3.8, 4) is 5.75 Å². The van der Waals surface area contributed by atoms with Crippen LogP contribution in [0.4, 0.5) is 0 Å². The number of carbonyl (C=O) groups is 7. The lowest BCUT2D eigenvalue weighted by Gasteiger charge is -2.31. The van der Waals surface area contributed by atoms with Crippen LogP contribution in [0, 0.1) is 17.8 Å². The van der Waals surface area contributed by atoms with Crippen LogP contribution in [-0.4, -0.2) is 101 Å². The number of phenols is 1. The van der Waals surface area contributed by atoms with E-state index in [2.05, 4.69) is 31.9 Å². The summed E-state index contributed by atoms with van der Waals surface area (Å²) in [5.74, 6) is -4.49. The Morgan fingerprint density at radius 1 is 0.706 bits per heavy atom. The molecule has 2 fully saturated rings. The highest BCUT2D eigenvalue weighted by Gasteiger charge is 2.40. The van der Waals surface area contributed by atoms with E-state index in [1.54, 1.807) is 19.1 Å². The van der Waals surface area contributed by atoms with Crippen LogP contribution >= 0.6 is 0 Å². The fourth-order valence-corrected chi connectivity index (χ4v) is 6.24. The second-order valence-corrected chi connectivity index (χ2v) is 14.4. The van der Waals surface area contributed by atoms with Crippen LogP contribution in [-0.2, 0) is 40.0 Å². The van der Waals surface area contributed by atoms with E-state index in [1.165, 1.54) is 17.0 Å². The van der Waals surface area contributed by atoms with Crippen LogP contribution in [0.25, 0.3) is 0 Å². The SMILES string of the molecule is CC[C@@H](C)[C@H]1NC(=O)[C@H](CC(C)C)NC(=O)[C@@H]2CCCN2C(=O)[C@H](Cc2ccc(O)cc2)NC(=O)CNC(=O)CNC(=O)[C@H](CC(C)C)NC1=O. The highest BCUT2D eigenvalue weighted by molar-refractivity contribution is 5.97. The number of hydrogen-bond acceptors (Lipinski definition) is 8. The smallest absolute Gasteiger partial charge is 0.246 e. The Morgan fingerprint density at radius 2 is 1.29 bits per heavy atom. The van der Waals surface area contributed by atoms with Crippen LogP contribution in [0.2, 0.25) is 0 Å². The minimum atomic E-state index is -1.12. The fourth-order valence-electron chi connectivity index (χ4n) is 6.24. The van der Waals surface area contributed by atoms with Crippen molar-refractivity contribution < 1.29 is 38.7 Å². The maximum Gasteiger partial charge on any atom is 0.246 e. The first kappa shape index (κ1) is 40.7. The number of nitrogens with zero attached hydrogens (tertiary/aromatic N) is 1. The maximum atomic E-state index is 14.0. The molecule has 2 saturated heterocycles. The van der Waals surface area contributed by atoms with Crippen molar-refractivity contribution >= 4 is 41.4 Å². The van der Waals surface area contributed by atoms with Crippen LogP contribution in [0.15, 0.2) is 24.3 Å². The van der Waals surface area contributed by atoms with Crippen LogP contribution < -0.4 is 31.9 Å². The molecular weight excluding hydrogens is 658 g/mol. The summed E-state index contributed by atoms with van der Waals surface area (Å²) in [7, 11) is 0. The molecule has 6 atom stereocenters. The minimum Gasteiger partial charge on any atom is -0.508 e. The third kappa shape index (κ3) is 12.2. The van der Waals surface area contributed by atoms with Gasteiger partial charge in [-0.15, -0.1) is 0 Å². The van der Waals surface area contributed by atoms with Gasteiger partial charge in [0.2, 0.25) is 41.4 Å². The van der Waals surface area contributed by atoms with E-state index in [0.717, 1.165) is 0 Å². The molecule has 51 heavy (non-hydrogen) atoms. The van der Waals surface area contributed by atoms with Gasteiger partial charge in [0, 0.05) is 13.0 Å². The number of nitrogens with one attached hydrogen (secondary N) is 6. The first-order chi connectivity index (χ1) is 24.1. The summed E-state index contributed by atoms with van der Waals surface area (Å²) in [6.07, 6.45) is 1.92. The van der Waals surface area contributed by atoms with E-state index < -0.39 is 84.6 Å². The summed E-state index contributed by atoms with van der Waals surface area (Å²) in [5.41, 5.74) is 0.632. The molecule has 1 aromatic carbocycles. The molecule has 0 unspecified atom stereocenters. The van der Waals surface area contributed by atoms with Gasteiger partial charge in [0.1, 0.15) is 36.0 Å². The van der Waals surface area contributed by atoms with Crippen molar-refractivity contribution in [3.63, 3.8) is 0 Å². The molecule has 7 N–H and O–H groups in total. The number of aromatic hydroxyl groups is 1. The monoisotopic (exact) mass is 713 g/mol. The van der Waals surface area contributed by atoms with Crippen LogP contribution in [0.1, 0.15) is 79.2 Å². The summed E-state index contributed by atoms with van der Waals surface area (Å²) in [6, 6.07) is 1.02. The molecule has 0 aliphatic carbocycles. The summed E-state index contributed by atoms with van der Waals surface area (Å²) < 4.78 is 0. The molecule has 2 heterocycles. The number of fused-ring (bicyclic) bond motifs is 1. The Kier molecular flexibility index (Phi) is 15.2. The van der Waals surface area contributed by atoms with Gasteiger partial charge in [0.25, 0.3) is 0 Å². The first-order valence-corrected chi connectivity index (χ1v) is 17.9. The van der Waals surface area contributed by atoms with Gasteiger partial charge < -0.3 is 41.9 Å². The van der Waals surface area contributed by atoms with E-state index in [-0.39, 0.29) is 49.3 Å². The number of benzene rings is 1. The Balaban J connectivity index is 1.99. The zero-order chi connectivity index (χ0) is 37.8. The van der Waals surface area contributed by atoms with Crippen molar-refractivity contribution in [3.05, 3.63) is 29.8 Å². The number of carbonyl (C=O) groups excluding carboxylic acids is 7. The van der Waals surface area contributed by atoms with Gasteiger partial charge in [-0.2, -0.15) is 0 Å². The van der Waals surface area contributed by atoms with Crippen molar-refractivity contribution in [2.75, 3.05) is 19.6 Å². The van der Waals surface area contributed by atoms with Gasteiger partial charge in [-0.1, -0.05) is 60.1 Å². The van der Waals surface area contributed by atoms with Gasteiger partial charge >= 0.3 is 0 Å². The van der Waals surface area contributed by atoms with Gasteiger partial charge in [-0.05, 0) is 61.1 Å². The lowest BCUT2D eigenvalue weighted by Crippen LogP contribution is -2.60. The molecule has 282 valence electrons. The van der Waals surface area contributed by atoms with Gasteiger partial charge in [-0.25, -0.2) is 0 Å². The van der Waals surface area contributed by atoms with E-state index >= 15 is 0 Å². The predicted molar refractivity (Wildman–Crippen MR) is 189 cm³/mol. The van der Waals surface area contributed by atoms with Crippen molar-refractivity contribution in [1.82, 2.24) is 36.8 Å². The Morgan fingerprint density at radius 3 is 1.90 bits per heavy atom. The van der Waals surface area contributed by atoms with Crippen molar-refractivity contribution in [1.29, 1.82) is 0 Å². The minimum absolute atomic E-state index is 0.0114. The zero-order valence-electron chi connectivity index (χ0n) is 30.5. The Bertz CT molecular complexity index is 1420. The second kappa shape index (κ2) is 19.1. The normalized spacial score (nSPS) is 25.5. The first-order valence-electron chi connectivity index (χ1n) is 17.9. The molecular formula is C36H55N7O8. The Labute approximate surface area is 299 Å². The summed E-state index contributed by atoms with van der Waals surface area (Å²) in [4.78, 5) is 95.8. The lowest BCUT2D eigenvalue weighted by atomic mass is 9.95. The fraction of sp³-hybridized carbons (Fsp3) is 0.639. The largest absolute Gasteiger partial charge is 0.508 e. The summed E-state index contributed by atoms with van der Waals surface area (Å²) in [5, 5.41) is 25.8. The molecule has 2 aliphatic rings. The van der Waals surface area contributed by atoms with E-state index in [0.29, 0.717) is 24.8 Å². The second-order valence-electron chi connectivity index (χ2n) is 14.4. The quantitative estimate of drug-likeness (QED) is 0.198. The van der Waals surface area contributed by atoms with Crippen molar-refractivity contribution in [2.45, 2.75) is 110 Å². The number of amides is 7. The average Bonchev–Trinajstić information content (AvgIpc) is 3.57. The predicted octanol–water partition coefficient (Wildman–Crippen LogP) is 0.249. The molecule has 0 aromatic heterocycles. The highest BCUT2D eigenvalue weighted by Crippen LogP contribution is 2.21. The molecule has 15 nitrogen and oxygen atoms in total. The number of rotatable bonds is 8. The molecule has 0 bridgehead atoms.